The molecule has 0 saturated heterocycles. The van der Waals surface area contributed by atoms with Crippen LogP contribution in [0.25, 0.3) is 0 Å². The van der Waals surface area contributed by atoms with Crippen molar-refractivity contribution < 1.29 is 8.42 Å². The molecular formula is C12H19ClN2O2S. The number of alkyl halides is 1. The van der Waals surface area contributed by atoms with Gasteiger partial charge in [-0.2, -0.15) is 4.31 Å². The third-order valence-corrected chi connectivity index (χ3v) is 4.85. The lowest BCUT2D eigenvalue weighted by atomic mass is 10.3. The van der Waals surface area contributed by atoms with Crippen molar-refractivity contribution in [2.45, 2.75) is 32.9 Å². The van der Waals surface area contributed by atoms with Crippen molar-refractivity contribution in [3.8, 4) is 0 Å². The molecule has 0 radical (unpaired) electrons. The summed E-state index contributed by atoms with van der Waals surface area (Å²) in [5.74, 6) is 0.441. The van der Waals surface area contributed by atoms with E-state index in [1.165, 1.54) is 4.31 Å². The zero-order valence-electron chi connectivity index (χ0n) is 10.7. The molecule has 0 aliphatic carbocycles. The van der Waals surface area contributed by atoms with E-state index in [4.69, 9.17) is 11.6 Å². The summed E-state index contributed by atoms with van der Waals surface area (Å²) >= 11 is 5.56. The van der Waals surface area contributed by atoms with E-state index in [1.54, 1.807) is 6.20 Å². The Hall–Kier alpha value is -0.650. The zero-order chi connectivity index (χ0) is 13.6. The van der Waals surface area contributed by atoms with E-state index in [0.29, 0.717) is 18.8 Å². The molecule has 0 spiro atoms. The third-order valence-electron chi connectivity index (χ3n) is 2.51. The van der Waals surface area contributed by atoms with Gasteiger partial charge < -0.3 is 0 Å². The minimum Gasteiger partial charge on any atom is -0.260 e. The molecule has 4 nitrogen and oxygen atoms in total. The Morgan fingerprint density at radius 3 is 2.61 bits per heavy atom. The summed E-state index contributed by atoms with van der Waals surface area (Å²) in [5.41, 5.74) is 0.751. The highest BCUT2D eigenvalue weighted by Gasteiger charge is 2.24. The second-order valence-electron chi connectivity index (χ2n) is 4.32. The summed E-state index contributed by atoms with van der Waals surface area (Å²) in [6.45, 7) is 4.03. The number of pyridine rings is 1. The predicted octanol–water partition coefficient (Wildman–Crippen LogP) is 2.25. The quantitative estimate of drug-likeness (QED) is 0.724. The zero-order valence-corrected chi connectivity index (χ0v) is 12.3. The first-order chi connectivity index (χ1) is 8.47. The number of halogens is 1. The maximum atomic E-state index is 12.2. The molecule has 1 rings (SSSR count). The van der Waals surface area contributed by atoms with Crippen LogP contribution in [-0.2, 0) is 16.6 Å². The van der Waals surface area contributed by atoms with E-state index in [0.717, 1.165) is 5.69 Å². The molecule has 102 valence electrons. The number of rotatable bonds is 7. The Bertz CT molecular complexity index is 448. The first-order valence-corrected chi connectivity index (χ1v) is 8.07. The summed E-state index contributed by atoms with van der Waals surface area (Å²) in [6.07, 6.45) is 2.13. The van der Waals surface area contributed by atoms with Crippen molar-refractivity contribution in [1.82, 2.24) is 9.29 Å². The molecule has 0 amide bonds. The number of nitrogens with zero attached hydrogens (tertiary/aromatic N) is 2. The van der Waals surface area contributed by atoms with Crippen LogP contribution < -0.4 is 0 Å². The monoisotopic (exact) mass is 290 g/mol. The average Bonchev–Trinajstić information content (AvgIpc) is 2.34. The predicted molar refractivity (Wildman–Crippen MR) is 74.0 cm³/mol. The van der Waals surface area contributed by atoms with E-state index >= 15 is 0 Å². The maximum Gasteiger partial charge on any atom is 0.214 e. The molecule has 1 heterocycles. The van der Waals surface area contributed by atoms with Gasteiger partial charge in [-0.1, -0.05) is 6.07 Å². The molecule has 0 aliphatic heterocycles. The fourth-order valence-electron chi connectivity index (χ4n) is 1.61. The van der Waals surface area contributed by atoms with Crippen molar-refractivity contribution in [2.75, 3.05) is 11.6 Å². The number of aromatic nitrogens is 1. The Kier molecular flexibility index (Phi) is 6.05. The summed E-state index contributed by atoms with van der Waals surface area (Å²) in [5, 5.41) is 0. The highest BCUT2D eigenvalue weighted by Crippen LogP contribution is 2.13. The van der Waals surface area contributed by atoms with Crippen LogP contribution >= 0.6 is 11.6 Å². The number of hydrogen-bond donors (Lipinski definition) is 0. The molecule has 0 fully saturated rings. The third kappa shape index (κ3) is 4.55. The Morgan fingerprint density at radius 2 is 2.11 bits per heavy atom. The van der Waals surface area contributed by atoms with Gasteiger partial charge in [0.05, 0.1) is 18.0 Å². The lowest BCUT2D eigenvalue weighted by molar-refractivity contribution is 0.344. The molecule has 1 aromatic rings. The first kappa shape index (κ1) is 15.4. The fourth-order valence-corrected chi connectivity index (χ4v) is 3.61. The lowest BCUT2D eigenvalue weighted by Gasteiger charge is -2.25. The smallest absolute Gasteiger partial charge is 0.214 e. The molecule has 0 N–H and O–H groups in total. The first-order valence-electron chi connectivity index (χ1n) is 5.93. The van der Waals surface area contributed by atoms with Gasteiger partial charge in [0, 0.05) is 18.1 Å². The number of hydrogen-bond acceptors (Lipinski definition) is 3. The maximum absolute atomic E-state index is 12.2. The van der Waals surface area contributed by atoms with Crippen LogP contribution in [0.2, 0.25) is 0 Å². The molecule has 0 atom stereocenters. The lowest BCUT2D eigenvalue weighted by Crippen LogP contribution is -2.38. The standard InChI is InChI=1S/C12H19ClN2O2S/c1-11(2)15(18(16,17)9-5-7-13)10-12-6-3-4-8-14-12/h3-4,6,8,11H,5,7,9-10H2,1-2H3. The summed E-state index contributed by atoms with van der Waals surface area (Å²) in [6, 6.07) is 5.40. The molecule has 6 heteroatoms. The molecule has 18 heavy (non-hydrogen) atoms. The van der Waals surface area contributed by atoms with Gasteiger partial charge in [-0.15, -0.1) is 11.6 Å². The van der Waals surface area contributed by atoms with Gasteiger partial charge in [0.15, 0.2) is 0 Å². The van der Waals surface area contributed by atoms with Crippen LogP contribution in [0, 0.1) is 0 Å². The summed E-state index contributed by atoms with van der Waals surface area (Å²) in [4.78, 5) is 4.16. The van der Waals surface area contributed by atoms with Gasteiger partial charge in [-0.25, -0.2) is 8.42 Å². The van der Waals surface area contributed by atoms with Crippen molar-refractivity contribution in [2.24, 2.45) is 0 Å². The average molecular weight is 291 g/mol. The van der Waals surface area contributed by atoms with E-state index in [-0.39, 0.29) is 11.8 Å². The van der Waals surface area contributed by atoms with Crippen LogP contribution in [0.1, 0.15) is 26.0 Å². The van der Waals surface area contributed by atoms with Crippen molar-refractivity contribution in [1.29, 1.82) is 0 Å². The normalized spacial score (nSPS) is 12.3. The van der Waals surface area contributed by atoms with Crippen molar-refractivity contribution >= 4 is 21.6 Å². The van der Waals surface area contributed by atoms with E-state index in [1.807, 2.05) is 32.0 Å². The Morgan fingerprint density at radius 1 is 1.39 bits per heavy atom. The van der Waals surface area contributed by atoms with Gasteiger partial charge in [-0.3, -0.25) is 4.98 Å². The minimum atomic E-state index is -3.27. The Labute approximate surface area is 114 Å². The van der Waals surface area contributed by atoms with Gasteiger partial charge in [0.1, 0.15) is 0 Å². The topological polar surface area (TPSA) is 50.3 Å². The Balaban J connectivity index is 2.83. The second kappa shape index (κ2) is 7.07. The number of sulfonamides is 1. The van der Waals surface area contributed by atoms with Crippen LogP contribution in [0.15, 0.2) is 24.4 Å². The summed E-state index contributed by atoms with van der Waals surface area (Å²) in [7, 11) is -3.27. The highest BCUT2D eigenvalue weighted by molar-refractivity contribution is 7.89. The molecule has 1 aromatic heterocycles. The van der Waals surface area contributed by atoms with Crippen LogP contribution in [0.3, 0.4) is 0 Å². The molecule has 0 aromatic carbocycles. The van der Waals surface area contributed by atoms with Crippen LogP contribution in [0.4, 0.5) is 0 Å². The minimum absolute atomic E-state index is 0.0848. The second-order valence-corrected chi connectivity index (χ2v) is 6.74. The van der Waals surface area contributed by atoms with Gasteiger partial charge in [0.25, 0.3) is 0 Å². The highest BCUT2D eigenvalue weighted by atomic mass is 35.5. The van der Waals surface area contributed by atoms with Gasteiger partial charge >= 0.3 is 0 Å². The van der Waals surface area contributed by atoms with Gasteiger partial charge in [0.2, 0.25) is 10.0 Å². The molecule has 0 aliphatic rings. The van der Waals surface area contributed by atoms with E-state index < -0.39 is 10.0 Å². The molecular weight excluding hydrogens is 272 g/mol. The van der Waals surface area contributed by atoms with E-state index in [2.05, 4.69) is 4.98 Å². The SMILES string of the molecule is CC(C)N(Cc1ccccn1)S(=O)(=O)CCCCl. The van der Waals surface area contributed by atoms with Crippen molar-refractivity contribution in [3.05, 3.63) is 30.1 Å². The van der Waals surface area contributed by atoms with Crippen LogP contribution in [-0.4, -0.2) is 35.4 Å². The largest absolute Gasteiger partial charge is 0.260 e. The van der Waals surface area contributed by atoms with Crippen molar-refractivity contribution in [3.63, 3.8) is 0 Å². The molecule has 0 bridgehead atoms. The molecule has 0 saturated carbocycles. The summed E-state index contributed by atoms with van der Waals surface area (Å²) < 4.78 is 25.8. The van der Waals surface area contributed by atoms with Crippen LogP contribution in [0.5, 0.6) is 0 Å². The molecule has 0 unspecified atom stereocenters. The van der Waals surface area contributed by atoms with E-state index in [9.17, 15) is 8.42 Å². The van der Waals surface area contributed by atoms with Gasteiger partial charge in [-0.05, 0) is 32.4 Å². The fraction of sp³-hybridized carbons (Fsp3) is 0.583.